The number of ketones is 1. The number of hydrogen-bond donors (Lipinski definition) is 2. The molecule has 0 aliphatic carbocycles. The van der Waals surface area contributed by atoms with Gasteiger partial charge in [-0.2, -0.15) is 0 Å². The van der Waals surface area contributed by atoms with Crippen LogP contribution >= 0.6 is 0 Å². The summed E-state index contributed by atoms with van der Waals surface area (Å²) in [5.41, 5.74) is 3.13. The zero-order valence-corrected chi connectivity index (χ0v) is 22.9. The number of rotatable bonds is 7. The largest absolute Gasteiger partial charge is 0.507 e. The molecule has 7 heteroatoms. The summed E-state index contributed by atoms with van der Waals surface area (Å²) in [5, 5.41) is 14.2. The fourth-order valence-electron chi connectivity index (χ4n) is 4.60. The van der Waals surface area contributed by atoms with Crippen LogP contribution in [0.3, 0.4) is 0 Å². The molecular formula is C32H34N2O5. The van der Waals surface area contributed by atoms with Crippen LogP contribution in [0.15, 0.2) is 78.4 Å². The number of Topliss-reactive ketones (excluding diaryl/α,β-unsaturated/α-hetero) is 1. The summed E-state index contributed by atoms with van der Waals surface area (Å²) in [7, 11) is 0. The van der Waals surface area contributed by atoms with E-state index in [-0.39, 0.29) is 22.7 Å². The molecule has 1 saturated heterocycles. The van der Waals surface area contributed by atoms with E-state index in [1.54, 1.807) is 48.5 Å². The smallest absolute Gasteiger partial charge is 0.300 e. The van der Waals surface area contributed by atoms with Crippen LogP contribution in [0.5, 0.6) is 5.75 Å². The van der Waals surface area contributed by atoms with E-state index in [4.69, 9.17) is 4.74 Å². The molecule has 1 aliphatic heterocycles. The van der Waals surface area contributed by atoms with Gasteiger partial charge in [0.2, 0.25) is 5.91 Å². The molecule has 1 heterocycles. The third kappa shape index (κ3) is 5.87. The maximum atomic E-state index is 13.5. The number of aliphatic hydroxyl groups is 1. The first-order chi connectivity index (χ1) is 18.5. The predicted octanol–water partition coefficient (Wildman–Crippen LogP) is 6.36. The summed E-state index contributed by atoms with van der Waals surface area (Å²) in [5.74, 6) is -1.44. The topological polar surface area (TPSA) is 95.9 Å². The second-order valence-electron chi connectivity index (χ2n) is 10.6. The Bertz CT molecular complexity index is 1420. The molecule has 7 nitrogen and oxygen atoms in total. The molecule has 0 saturated carbocycles. The molecule has 0 aromatic heterocycles. The van der Waals surface area contributed by atoms with E-state index in [9.17, 15) is 19.5 Å². The van der Waals surface area contributed by atoms with Crippen molar-refractivity contribution in [3.05, 3.63) is 95.1 Å². The lowest BCUT2D eigenvalue weighted by Gasteiger charge is -2.27. The van der Waals surface area contributed by atoms with Crippen LogP contribution in [0.1, 0.15) is 63.8 Å². The standard InChI is InChI=1S/C32H34N2O5/c1-6-18-39-26-9-7-8-22(19-26)29(36)27-28(21-10-12-23(13-11-21)32(3,4)5)34(31(38)30(27)37)25-16-14-24(15-17-25)33-20(2)35/h7-17,19,28,36H,6,18H2,1-5H3,(H,33,35)/b29-27-. The average molecular weight is 527 g/mol. The van der Waals surface area contributed by atoms with E-state index in [2.05, 4.69) is 26.1 Å². The maximum Gasteiger partial charge on any atom is 0.300 e. The highest BCUT2D eigenvalue weighted by atomic mass is 16.5. The van der Waals surface area contributed by atoms with Crippen LogP contribution in [0.25, 0.3) is 5.76 Å². The molecule has 0 radical (unpaired) electrons. The number of amides is 2. The van der Waals surface area contributed by atoms with E-state index in [0.717, 1.165) is 12.0 Å². The number of nitrogens with zero attached hydrogens (tertiary/aromatic N) is 1. The number of anilines is 2. The molecule has 2 N–H and O–H groups in total. The minimum atomic E-state index is -0.856. The third-order valence-corrected chi connectivity index (χ3v) is 6.58. The van der Waals surface area contributed by atoms with E-state index < -0.39 is 17.7 Å². The first kappa shape index (κ1) is 27.6. The first-order valence-electron chi connectivity index (χ1n) is 13.0. The molecule has 0 spiro atoms. The monoisotopic (exact) mass is 526 g/mol. The Morgan fingerprint density at radius 1 is 1.00 bits per heavy atom. The SMILES string of the molecule is CCCOc1cccc(/C(O)=C2/C(=O)C(=O)N(c3ccc(NC(C)=O)cc3)C2c2ccc(C(C)(C)C)cc2)c1. The lowest BCUT2D eigenvalue weighted by Crippen LogP contribution is -2.29. The number of ether oxygens (including phenoxy) is 1. The molecule has 1 fully saturated rings. The number of hydrogen-bond acceptors (Lipinski definition) is 5. The Morgan fingerprint density at radius 2 is 1.67 bits per heavy atom. The van der Waals surface area contributed by atoms with Crippen LogP contribution in [-0.2, 0) is 19.8 Å². The molecule has 1 atom stereocenters. The van der Waals surface area contributed by atoms with Crippen LogP contribution in [-0.4, -0.2) is 29.3 Å². The van der Waals surface area contributed by atoms with Crippen LogP contribution < -0.4 is 15.0 Å². The summed E-state index contributed by atoms with van der Waals surface area (Å²) in [4.78, 5) is 39.8. The second kappa shape index (κ2) is 11.2. The molecule has 3 aromatic carbocycles. The van der Waals surface area contributed by atoms with Gasteiger partial charge in [0, 0.05) is 23.9 Å². The minimum absolute atomic E-state index is 0.00193. The molecule has 0 bridgehead atoms. The lowest BCUT2D eigenvalue weighted by atomic mass is 9.85. The zero-order chi connectivity index (χ0) is 28.3. The molecule has 3 aromatic rings. The number of benzene rings is 3. The molecule has 2 amide bonds. The Kier molecular flexibility index (Phi) is 7.90. The summed E-state index contributed by atoms with van der Waals surface area (Å²) < 4.78 is 5.72. The first-order valence-corrected chi connectivity index (χ1v) is 13.0. The highest BCUT2D eigenvalue weighted by molar-refractivity contribution is 6.51. The quantitative estimate of drug-likeness (QED) is 0.212. The van der Waals surface area contributed by atoms with Gasteiger partial charge in [0.25, 0.3) is 11.7 Å². The van der Waals surface area contributed by atoms with Gasteiger partial charge in [0.05, 0.1) is 18.2 Å². The van der Waals surface area contributed by atoms with Crippen molar-refractivity contribution in [3.8, 4) is 5.75 Å². The van der Waals surface area contributed by atoms with Gasteiger partial charge < -0.3 is 15.2 Å². The van der Waals surface area contributed by atoms with E-state index in [0.29, 0.717) is 34.9 Å². The van der Waals surface area contributed by atoms with Crippen LogP contribution in [0.4, 0.5) is 11.4 Å². The van der Waals surface area contributed by atoms with Gasteiger partial charge in [-0.1, -0.05) is 64.1 Å². The Labute approximate surface area is 229 Å². The summed E-state index contributed by atoms with van der Waals surface area (Å²) in [6.45, 7) is 10.3. The van der Waals surface area contributed by atoms with Crippen LogP contribution in [0.2, 0.25) is 0 Å². The molecule has 1 unspecified atom stereocenters. The third-order valence-electron chi connectivity index (χ3n) is 6.58. The van der Waals surface area contributed by atoms with Crippen molar-refractivity contribution in [1.82, 2.24) is 0 Å². The van der Waals surface area contributed by atoms with Crippen molar-refractivity contribution in [1.29, 1.82) is 0 Å². The van der Waals surface area contributed by atoms with Crippen molar-refractivity contribution >= 4 is 34.7 Å². The van der Waals surface area contributed by atoms with Crippen molar-refractivity contribution in [2.24, 2.45) is 0 Å². The number of aliphatic hydroxyl groups excluding tert-OH is 1. The number of carbonyl (C=O) groups excluding carboxylic acids is 3. The Balaban J connectivity index is 1.86. The molecule has 39 heavy (non-hydrogen) atoms. The van der Waals surface area contributed by atoms with Gasteiger partial charge in [-0.25, -0.2) is 0 Å². The second-order valence-corrected chi connectivity index (χ2v) is 10.6. The van der Waals surface area contributed by atoms with Crippen molar-refractivity contribution in [3.63, 3.8) is 0 Å². The lowest BCUT2D eigenvalue weighted by molar-refractivity contribution is -0.132. The fraction of sp³-hybridized carbons (Fsp3) is 0.281. The fourth-order valence-corrected chi connectivity index (χ4v) is 4.60. The van der Waals surface area contributed by atoms with E-state index >= 15 is 0 Å². The van der Waals surface area contributed by atoms with Crippen molar-refractivity contribution in [2.45, 2.75) is 52.5 Å². The van der Waals surface area contributed by atoms with Crippen molar-refractivity contribution in [2.75, 3.05) is 16.8 Å². The highest BCUT2D eigenvalue weighted by Crippen LogP contribution is 2.43. The van der Waals surface area contributed by atoms with E-state index in [1.807, 2.05) is 31.2 Å². The molecule has 202 valence electrons. The molecule has 4 rings (SSSR count). The molecular weight excluding hydrogens is 492 g/mol. The van der Waals surface area contributed by atoms with Gasteiger partial charge in [-0.3, -0.25) is 19.3 Å². The maximum absolute atomic E-state index is 13.5. The number of nitrogens with one attached hydrogen (secondary N) is 1. The molecule has 1 aliphatic rings. The number of carbonyl (C=O) groups is 3. The minimum Gasteiger partial charge on any atom is -0.507 e. The van der Waals surface area contributed by atoms with Crippen LogP contribution in [0, 0.1) is 0 Å². The van der Waals surface area contributed by atoms with Gasteiger partial charge >= 0.3 is 0 Å². The summed E-state index contributed by atoms with van der Waals surface area (Å²) in [6, 6.07) is 20.5. The Hall–Kier alpha value is -4.39. The van der Waals surface area contributed by atoms with Gasteiger partial charge in [-0.15, -0.1) is 0 Å². The van der Waals surface area contributed by atoms with Gasteiger partial charge in [-0.05, 0) is 59.4 Å². The average Bonchev–Trinajstić information content (AvgIpc) is 3.17. The highest BCUT2D eigenvalue weighted by Gasteiger charge is 2.47. The normalized spacial score (nSPS) is 16.8. The summed E-state index contributed by atoms with van der Waals surface area (Å²) >= 11 is 0. The Morgan fingerprint density at radius 3 is 2.26 bits per heavy atom. The zero-order valence-electron chi connectivity index (χ0n) is 22.9. The summed E-state index contributed by atoms with van der Waals surface area (Å²) in [6.07, 6.45) is 0.826. The predicted molar refractivity (Wildman–Crippen MR) is 153 cm³/mol. The van der Waals surface area contributed by atoms with Gasteiger partial charge in [0.15, 0.2) is 0 Å². The van der Waals surface area contributed by atoms with Crippen molar-refractivity contribution < 1.29 is 24.2 Å². The van der Waals surface area contributed by atoms with Gasteiger partial charge in [0.1, 0.15) is 11.5 Å². The van der Waals surface area contributed by atoms with E-state index in [1.165, 1.54) is 11.8 Å².